The van der Waals surface area contributed by atoms with Crippen molar-refractivity contribution >= 4 is 32.8 Å². The molecule has 0 spiro atoms. The summed E-state index contributed by atoms with van der Waals surface area (Å²) in [5.74, 6) is 1.61. The monoisotopic (exact) mass is 517 g/mol. The first-order chi connectivity index (χ1) is 17.0. The van der Waals surface area contributed by atoms with Crippen molar-refractivity contribution in [2.45, 2.75) is 48.2 Å². The first-order valence-corrected chi connectivity index (χ1v) is 14.5. The fourth-order valence-electron chi connectivity index (χ4n) is 4.46. The standard InChI is InChI=1S/C25H31N3O5S2/c1-2-32-20-7-5-19(6-8-20)18-34-25-26-23-16-22(35(29,30)27-11-14-31-15-12-27)9-10-24(23)28(25)17-21-4-3-13-33-21/h5-10,16,21H,2-4,11-15,17-18H2,1H3. The number of benzene rings is 2. The van der Waals surface area contributed by atoms with Gasteiger partial charge in [0.1, 0.15) is 5.75 Å². The minimum atomic E-state index is -3.58. The van der Waals surface area contributed by atoms with E-state index in [1.165, 1.54) is 9.87 Å². The van der Waals surface area contributed by atoms with Crippen LogP contribution >= 0.6 is 11.8 Å². The van der Waals surface area contributed by atoms with Crippen molar-refractivity contribution in [3.05, 3.63) is 48.0 Å². The lowest BCUT2D eigenvalue weighted by atomic mass is 10.2. The van der Waals surface area contributed by atoms with Gasteiger partial charge in [-0.25, -0.2) is 13.4 Å². The molecule has 2 fully saturated rings. The molecule has 1 atom stereocenters. The Kier molecular flexibility index (Phi) is 7.64. The largest absolute Gasteiger partial charge is 0.494 e. The molecule has 2 aliphatic rings. The molecular weight excluding hydrogens is 486 g/mol. The van der Waals surface area contributed by atoms with Crippen molar-refractivity contribution in [2.24, 2.45) is 0 Å². The summed E-state index contributed by atoms with van der Waals surface area (Å²) in [5.41, 5.74) is 2.78. The number of fused-ring (bicyclic) bond motifs is 1. The molecule has 0 bridgehead atoms. The molecule has 8 nitrogen and oxygen atoms in total. The second kappa shape index (κ2) is 10.9. The third-order valence-corrected chi connectivity index (χ3v) is 9.25. The van der Waals surface area contributed by atoms with Gasteiger partial charge in [-0.05, 0) is 55.7 Å². The number of hydrogen-bond donors (Lipinski definition) is 0. The third-order valence-electron chi connectivity index (χ3n) is 6.30. The maximum Gasteiger partial charge on any atom is 0.243 e. The van der Waals surface area contributed by atoms with Gasteiger partial charge in [-0.2, -0.15) is 4.31 Å². The lowest BCUT2D eigenvalue weighted by Crippen LogP contribution is -2.40. The molecule has 2 aliphatic heterocycles. The van der Waals surface area contributed by atoms with Crippen LogP contribution in [0.25, 0.3) is 11.0 Å². The van der Waals surface area contributed by atoms with Crippen LogP contribution in [0.4, 0.5) is 0 Å². The van der Waals surface area contributed by atoms with Gasteiger partial charge in [0.2, 0.25) is 10.0 Å². The predicted octanol–water partition coefficient (Wildman–Crippen LogP) is 3.93. The molecule has 1 unspecified atom stereocenters. The maximum absolute atomic E-state index is 13.2. The van der Waals surface area contributed by atoms with Crippen molar-refractivity contribution in [2.75, 3.05) is 39.5 Å². The summed E-state index contributed by atoms with van der Waals surface area (Å²) in [6.07, 6.45) is 2.23. The number of thioether (sulfide) groups is 1. The van der Waals surface area contributed by atoms with Gasteiger partial charge >= 0.3 is 0 Å². The van der Waals surface area contributed by atoms with Crippen LogP contribution in [0.2, 0.25) is 0 Å². The Bertz CT molecular complexity index is 1250. The van der Waals surface area contributed by atoms with Crippen molar-refractivity contribution in [3.63, 3.8) is 0 Å². The number of ether oxygens (including phenoxy) is 3. The van der Waals surface area contributed by atoms with E-state index in [2.05, 4.69) is 16.7 Å². The second-order valence-electron chi connectivity index (χ2n) is 8.67. The molecule has 0 radical (unpaired) electrons. The number of nitrogens with zero attached hydrogens (tertiary/aromatic N) is 3. The number of aromatic nitrogens is 2. The number of morpholine rings is 1. The Morgan fingerprint density at radius 1 is 1.11 bits per heavy atom. The average Bonchev–Trinajstić information content (AvgIpc) is 3.52. The lowest BCUT2D eigenvalue weighted by molar-refractivity contribution is 0.0730. The smallest absolute Gasteiger partial charge is 0.243 e. The molecule has 1 aromatic heterocycles. The zero-order valence-corrected chi connectivity index (χ0v) is 21.5. The van der Waals surface area contributed by atoms with E-state index in [0.717, 1.165) is 41.6 Å². The van der Waals surface area contributed by atoms with Crippen LogP contribution in [-0.2, 0) is 31.8 Å². The van der Waals surface area contributed by atoms with E-state index in [1.54, 1.807) is 23.9 Å². The van der Waals surface area contributed by atoms with Crippen LogP contribution in [0.15, 0.2) is 52.5 Å². The van der Waals surface area contributed by atoms with E-state index < -0.39 is 10.0 Å². The second-order valence-corrected chi connectivity index (χ2v) is 11.6. The molecule has 0 N–H and O–H groups in total. The van der Waals surface area contributed by atoms with Gasteiger partial charge in [0.15, 0.2) is 5.16 Å². The van der Waals surface area contributed by atoms with E-state index in [4.69, 9.17) is 19.2 Å². The SMILES string of the molecule is CCOc1ccc(CSc2nc3cc(S(=O)(=O)N4CCOCC4)ccc3n2CC2CCCO2)cc1. The minimum Gasteiger partial charge on any atom is -0.494 e. The van der Waals surface area contributed by atoms with Crippen LogP contribution in [0.5, 0.6) is 5.75 Å². The molecule has 3 aromatic rings. The van der Waals surface area contributed by atoms with Gasteiger partial charge in [-0.3, -0.25) is 0 Å². The molecule has 0 aliphatic carbocycles. The van der Waals surface area contributed by atoms with Crippen LogP contribution < -0.4 is 4.74 Å². The first-order valence-electron chi connectivity index (χ1n) is 12.1. The minimum absolute atomic E-state index is 0.147. The summed E-state index contributed by atoms with van der Waals surface area (Å²) >= 11 is 1.65. The highest BCUT2D eigenvalue weighted by Crippen LogP contribution is 2.31. The summed E-state index contributed by atoms with van der Waals surface area (Å²) in [7, 11) is -3.58. The van der Waals surface area contributed by atoms with E-state index in [-0.39, 0.29) is 11.0 Å². The highest BCUT2D eigenvalue weighted by Gasteiger charge is 2.27. The van der Waals surface area contributed by atoms with Gasteiger partial charge in [-0.1, -0.05) is 23.9 Å². The van der Waals surface area contributed by atoms with Gasteiger partial charge in [-0.15, -0.1) is 0 Å². The molecule has 35 heavy (non-hydrogen) atoms. The summed E-state index contributed by atoms with van der Waals surface area (Å²) < 4.78 is 46.8. The predicted molar refractivity (Wildman–Crippen MR) is 135 cm³/mol. The van der Waals surface area contributed by atoms with Crippen LogP contribution in [-0.4, -0.2) is 67.9 Å². The van der Waals surface area contributed by atoms with Gasteiger partial charge in [0, 0.05) is 25.4 Å². The highest BCUT2D eigenvalue weighted by atomic mass is 32.2. The summed E-state index contributed by atoms with van der Waals surface area (Å²) in [5, 5.41) is 0.866. The zero-order chi connectivity index (χ0) is 24.3. The molecular formula is C25H31N3O5S2. The normalized spacial score (nSPS) is 19.4. The average molecular weight is 518 g/mol. The van der Waals surface area contributed by atoms with Gasteiger partial charge in [0.25, 0.3) is 0 Å². The van der Waals surface area contributed by atoms with Crippen molar-refractivity contribution in [3.8, 4) is 5.75 Å². The van der Waals surface area contributed by atoms with E-state index in [9.17, 15) is 8.42 Å². The fourth-order valence-corrected chi connectivity index (χ4v) is 6.87. The summed E-state index contributed by atoms with van der Waals surface area (Å²) in [4.78, 5) is 5.15. The summed E-state index contributed by atoms with van der Waals surface area (Å²) in [6.45, 7) is 5.69. The van der Waals surface area contributed by atoms with Crippen LogP contribution in [0.1, 0.15) is 25.3 Å². The number of hydrogen-bond acceptors (Lipinski definition) is 7. The third kappa shape index (κ3) is 5.51. The van der Waals surface area contributed by atoms with E-state index >= 15 is 0 Å². The fraction of sp³-hybridized carbons (Fsp3) is 0.480. The van der Waals surface area contributed by atoms with Crippen LogP contribution in [0, 0.1) is 0 Å². The Hall–Kier alpha value is -2.11. The number of imidazole rings is 1. The topological polar surface area (TPSA) is 82.9 Å². The van der Waals surface area contributed by atoms with E-state index in [1.807, 2.05) is 25.1 Å². The lowest BCUT2D eigenvalue weighted by Gasteiger charge is -2.26. The Balaban J connectivity index is 1.43. The Labute approximate surface area is 210 Å². The van der Waals surface area contributed by atoms with Crippen molar-refractivity contribution < 1.29 is 22.6 Å². The molecule has 0 saturated carbocycles. The van der Waals surface area contributed by atoms with Crippen LogP contribution in [0.3, 0.4) is 0 Å². The van der Waals surface area contributed by atoms with Crippen molar-refractivity contribution in [1.29, 1.82) is 0 Å². The maximum atomic E-state index is 13.2. The summed E-state index contributed by atoms with van der Waals surface area (Å²) in [6, 6.07) is 13.4. The quantitative estimate of drug-likeness (QED) is 0.398. The zero-order valence-electron chi connectivity index (χ0n) is 19.9. The van der Waals surface area contributed by atoms with Crippen molar-refractivity contribution in [1.82, 2.24) is 13.9 Å². The molecule has 2 saturated heterocycles. The first kappa shape index (κ1) is 24.6. The van der Waals surface area contributed by atoms with Gasteiger partial charge in [0.05, 0.1) is 48.4 Å². The molecule has 10 heteroatoms. The molecule has 0 amide bonds. The number of sulfonamides is 1. The Morgan fingerprint density at radius 2 is 1.91 bits per heavy atom. The molecule has 3 heterocycles. The molecule has 5 rings (SSSR count). The van der Waals surface area contributed by atoms with Gasteiger partial charge < -0.3 is 18.8 Å². The molecule has 188 valence electrons. The highest BCUT2D eigenvalue weighted by molar-refractivity contribution is 7.98. The Morgan fingerprint density at radius 3 is 2.63 bits per heavy atom. The molecule has 2 aromatic carbocycles. The number of rotatable bonds is 9. The van der Waals surface area contributed by atoms with E-state index in [0.29, 0.717) is 45.0 Å².